The van der Waals surface area contributed by atoms with E-state index in [0.29, 0.717) is 0 Å². The van der Waals surface area contributed by atoms with Crippen molar-refractivity contribution >= 4 is 10.1 Å². The van der Waals surface area contributed by atoms with Gasteiger partial charge in [-0.05, 0) is 0 Å². The van der Waals surface area contributed by atoms with Gasteiger partial charge in [-0.2, -0.15) is 0 Å². The molecule has 0 aliphatic rings. The second-order valence-electron chi connectivity index (χ2n) is 8.01. The number of aromatic nitrogens is 2. The van der Waals surface area contributed by atoms with Gasteiger partial charge in [0, 0.05) is 0 Å². The summed E-state index contributed by atoms with van der Waals surface area (Å²) in [6, 6.07) is 9.03. The number of rotatable bonds is 3. The zero-order valence-electron chi connectivity index (χ0n) is 18.1. The van der Waals surface area contributed by atoms with Crippen LogP contribution in [-0.2, 0) is 20.2 Å². The Bertz CT molecular complexity index is 1090. The van der Waals surface area contributed by atoms with Gasteiger partial charge < -0.3 is 0 Å². The van der Waals surface area contributed by atoms with Crippen molar-refractivity contribution in [2.24, 2.45) is 0 Å². The van der Waals surface area contributed by atoms with E-state index >= 15 is 0 Å². The molecule has 0 saturated carbocycles. The molecule has 3 aromatic rings. The van der Waals surface area contributed by atoms with Crippen molar-refractivity contribution in [3.05, 3.63) is 78.9 Å². The van der Waals surface area contributed by atoms with Crippen LogP contribution in [0.2, 0.25) is 0 Å². The molecular formula is C24H30ClCuN2-2. The molecule has 0 amide bonds. The second-order valence-corrected chi connectivity index (χ2v) is 9.08. The van der Waals surface area contributed by atoms with Gasteiger partial charge in [0.05, 0.1) is 0 Å². The summed E-state index contributed by atoms with van der Waals surface area (Å²) in [6.45, 7) is 18.3. The second kappa shape index (κ2) is 8.06. The molecule has 0 unspecified atom stereocenters. The van der Waals surface area contributed by atoms with Gasteiger partial charge in [0.2, 0.25) is 0 Å². The van der Waals surface area contributed by atoms with Crippen molar-refractivity contribution < 1.29 is 13.6 Å². The van der Waals surface area contributed by atoms with Crippen molar-refractivity contribution in [2.75, 3.05) is 0 Å². The van der Waals surface area contributed by atoms with E-state index in [9.17, 15) is 0 Å². The predicted octanol–water partition coefficient (Wildman–Crippen LogP) is 6.56. The first-order valence-corrected chi connectivity index (χ1v) is 11.4. The van der Waals surface area contributed by atoms with E-state index in [1.165, 1.54) is 69.6 Å². The summed E-state index contributed by atoms with van der Waals surface area (Å²) in [5.41, 5.74) is 12.9. The standard InChI is InChI=1S/C24H30N2.ClH.Cu/c1-15-9-17(3)23(18(4)10-15)13-25-14-26(22(8)21(25)7)24-19(5)11-16(2)12-20(24)6;;/h9-12H,13H2,1-8H3;1H;/q;;-1/p-1. The Morgan fingerprint density at radius 3 is 1.64 bits per heavy atom. The van der Waals surface area contributed by atoms with Crippen LogP contribution in [0.25, 0.3) is 5.69 Å². The first-order valence-electron chi connectivity index (χ1n) is 9.61. The topological polar surface area (TPSA) is 9.86 Å². The van der Waals surface area contributed by atoms with Crippen molar-refractivity contribution in [2.45, 2.75) is 61.9 Å². The minimum absolute atomic E-state index is 0.827. The monoisotopic (exact) mass is 444 g/mol. The number of halogens is 1. The van der Waals surface area contributed by atoms with Crippen molar-refractivity contribution in [1.82, 2.24) is 9.13 Å². The number of hydrogen-bond acceptors (Lipinski definition) is 0. The van der Waals surface area contributed by atoms with Gasteiger partial charge in [-0.3, -0.25) is 0 Å². The SMILES string of the molecule is Cc1cc(C)c(Cn2c(C)c(C)n(-c3c(C)cc(C)cc3C)[c]2=[Cu-2][Cl])c(C)c1. The molecule has 0 fully saturated rings. The van der Waals surface area contributed by atoms with Gasteiger partial charge in [-0.15, -0.1) is 0 Å². The molecule has 0 bridgehead atoms. The molecular weight excluding hydrogens is 415 g/mol. The molecule has 0 atom stereocenters. The van der Waals surface area contributed by atoms with E-state index in [-0.39, 0.29) is 0 Å². The Labute approximate surface area is 179 Å². The van der Waals surface area contributed by atoms with Crippen LogP contribution in [0.3, 0.4) is 0 Å². The Morgan fingerprint density at radius 1 is 0.714 bits per heavy atom. The van der Waals surface area contributed by atoms with Crippen LogP contribution in [-0.4, -0.2) is 9.13 Å². The third-order valence-corrected chi connectivity index (χ3v) is 6.74. The van der Waals surface area contributed by atoms with E-state index in [4.69, 9.17) is 10.1 Å². The van der Waals surface area contributed by atoms with Gasteiger partial charge in [0.1, 0.15) is 0 Å². The molecule has 0 radical (unpaired) electrons. The minimum atomic E-state index is 0.827. The van der Waals surface area contributed by atoms with Crippen LogP contribution in [0, 0.1) is 59.7 Å². The van der Waals surface area contributed by atoms with Gasteiger partial charge in [0.25, 0.3) is 0 Å². The molecule has 0 aliphatic heterocycles. The Hall–Kier alpha value is -1.54. The summed E-state index contributed by atoms with van der Waals surface area (Å²) in [5, 5.41) is 0. The van der Waals surface area contributed by atoms with Crippen molar-refractivity contribution in [1.29, 1.82) is 0 Å². The molecule has 0 aliphatic carbocycles. The van der Waals surface area contributed by atoms with Crippen molar-refractivity contribution in [3.63, 3.8) is 0 Å². The summed E-state index contributed by atoms with van der Waals surface area (Å²) in [7, 11) is 6.44. The Kier molecular flexibility index (Phi) is 6.10. The van der Waals surface area contributed by atoms with E-state index in [2.05, 4.69) is 88.8 Å². The molecule has 0 saturated heterocycles. The average Bonchev–Trinajstić information content (AvgIpc) is 2.81. The maximum atomic E-state index is 6.44. The normalized spacial score (nSPS) is 12.7. The molecule has 156 valence electrons. The molecule has 1 heterocycles. The maximum absolute atomic E-state index is 6.44. The average molecular weight is 446 g/mol. The Balaban J connectivity index is 2.27. The van der Waals surface area contributed by atoms with Crippen LogP contribution in [0.15, 0.2) is 24.3 Å². The van der Waals surface area contributed by atoms with Crippen LogP contribution >= 0.6 is 10.1 Å². The number of hydrogen-bond donors (Lipinski definition) is 0. The zero-order chi connectivity index (χ0) is 20.7. The summed E-state index contributed by atoms with van der Waals surface area (Å²) in [5.74, 6) is 0. The van der Waals surface area contributed by atoms with Gasteiger partial charge in [-0.1, -0.05) is 0 Å². The number of benzene rings is 2. The number of imidazole rings is 1. The molecule has 1 aromatic heterocycles. The fraction of sp³-hybridized carbons (Fsp3) is 0.375. The first kappa shape index (κ1) is 21.2. The van der Waals surface area contributed by atoms with E-state index in [0.717, 1.165) is 10.9 Å². The number of aryl methyl sites for hydroxylation is 6. The van der Waals surface area contributed by atoms with Crippen LogP contribution in [0.1, 0.15) is 50.3 Å². The first-order chi connectivity index (χ1) is 13.1. The van der Waals surface area contributed by atoms with Gasteiger partial charge in [0.15, 0.2) is 0 Å². The summed E-state index contributed by atoms with van der Waals surface area (Å²) in [4.78, 5) is 0. The van der Waals surface area contributed by atoms with E-state index in [1.807, 2.05) is 0 Å². The van der Waals surface area contributed by atoms with Crippen LogP contribution in [0.5, 0.6) is 0 Å². The third kappa shape index (κ3) is 3.68. The number of nitrogens with zero attached hydrogens (tertiary/aromatic N) is 2. The van der Waals surface area contributed by atoms with Crippen molar-refractivity contribution in [3.8, 4) is 5.69 Å². The Morgan fingerprint density at radius 2 is 1.18 bits per heavy atom. The molecule has 4 heteroatoms. The van der Waals surface area contributed by atoms with Crippen LogP contribution in [0.4, 0.5) is 0 Å². The molecule has 28 heavy (non-hydrogen) atoms. The van der Waals surface area contributed by atoms with Crippen LogP contribution < -0.4 is 0 Å². The molecule has 2 aromatic carbocycles. The third-order valence-electron chi connectivity index (χ3n) is 5.70. The van der Waals surface area contributed by atoms with E-state index < -0.39 is 0 Å². The zero-order valence-corrected chi connectivity index (χ0v) is 19.8. The predicted molar refractivity (Wildman–Crippen MR) is 116 cm³/mol. The molecule has 2 nitrogen and oxygen atoms in total. The van der Waals surface area contributed by atoms with Gasteiger partial charge in [-0.25, -0.2) is 0 Å². The fourth-order valence-electron chi connectivity index (χ4n) is 4.36. The quantitative estimate of drug-likeness (QED) is 0.404. The summed E-state index contributed by atoms with van der Waals surface area (Å²) >= 11 is 1.41. The van der Waals surface area contributed by atoms with E-state index in [1.54, 1.807) is 0 Å². The molecule has 0 N–H and O–H groups in total. The summed E-state index contributed by atoms with van der Waals surface area (Å²) < 4.78 is 5.73. The summed E-state index contributed by atoms with van der Waals surface area (Å²) in [6.07, 6.45) is 0. The molecule has 3 rings (SSSR count). The molecule has 0 spiro atoms. The fourth-order valence-corrected chi connectivity index (χ4v) is 5.49. The van der Waals surface area contributed by atoms with Gasteiger partial charge >= 0.3 is 179 Å².